The molecule has 0 aromatic heterocycles. The zero-order chi connectivity index (χ0) is 14.2. The number of para-hydroxylation sites is 1. The van der Waals surface area contributed by atoms with Gasteiger partial charge in [-0.15, -0.1) is 0 Å². The van der Waals surface area contributed by atoms with E-state index >= 15 is 0 Å². The minimum Gasteiger partial charge on any atom is -0.468 e. The molecule has 0 amide bonds. The van der Waals surface area contributed by atoms with Crippen LogP contribution in [0, 0.1) is 0 Å². The van der Waals surface area contributed by atoms with Gasteiger partial charge in [0.25, 0.3) is 0 Å². The van der Waals surface area contributed by atoms with E-state index in [1.807, 2.05) is 55.5 Å². The maximum Gasteiger partial charge on any atom is 0.185 e. The Morgan fingerprint density at radius 1 is 1.25 bits per heavy atom. The number of halogens is 1. The average Bonchev–Trinajstić information content (AvgIpc) is 2.46. The van der Waals surface area contributed by atoms with Gasteiger partial charge in [0.2, 0.25) is 0 Å². The summed E-state index contributed by atoms with van der Waals surface area (Å²) in [6.45, 7) is 1.93. The highest BCUT2D eigenvalue weighted by Crippen LogP contribution is 2.38. The van der Waals surface area contributed by atoms with Gasteiger partial charge < -0.3 is 9.53 Å². The molecule has 2 unspecified atom stereocenters. The van der Waals surface area contributed by atoms with E-state index in [-0.39, 0.29) is 6.04 Å². The molecule has 0 aliphatic carbocycles. The normalized spacial score (nSPS) is 24.6. The first-order valence-electron chi connectivity index (χ1n) is 6.39. The molecular formula is C16H14BrNO2. The fraction of sp³-hybridized carbons (Fsp3) is 0.188. The Labute approximate surface area is 126 Å². The molecule has 0 saturated carbocycles. The highest BCUT2D eigenvalue weighted by Gasteiger charge is 2.37. The molecule has 1 N–H and O–H groups in total. The monoisotopic (exact) mass is 331 g/mol. The van der Waals surface area contributed by atoms with E-state index in [1.54, 1.807) is 0 Å². The Morgan fingerprint density at radius 2 is 2.05 bits per heavy atom. The zero-order valence-electron chi connectivity index (χ0n) is 11.0. The predicted octanol–water partition coefficient (Wildman–Crippen LogP) is 3.54. The maximum absolute atomic E-state index is 11.4. The van der Waals surface area contributed by atoms with Gasteiger partial charge in [-0.1, -0.05) is 46.3 Å². The Kier molecular flexibility index (Phi) is 3.36. The van der Waals surface area contributed by atoms with Crippen molar-refractivity contribution >= 4 is 22.2 Å². The molecule has 2 atom stereocenters. The molecule has 0 radical (unpaired) electrons. The van der Waals surface area contributed by atoms with Crippen LogP contribution in [0.4, 0.5) is 0 Å². The van der Waals surface area contributed by atoms with Crippen molar-refractivity contribution < 1.29 is 9.53 Å². The van der Waals surface area contributed by atoms with E-state index < -0.39 is 5.72 Å². The van der Waals surface area contributed by atoms with Crippen LogP contribution in [0.2, 0.25) is 0 Å². The second kappa shape index (κ2) is 5.04. The van der Waals surface area contributed by atoms with Crippen LogP contribution in [0.5, 0.6) is 5.75 Å². The van der Waals surface area contributed by atoms with E-state index in [4.69, 9.17) is 4.74 Å². The standard InChI is InChI=1S/C16H14BrNO2/c1-16(11-5-4-6-12(17)9-11)18-14(10-19)13-7-2-3-8-15(13)20-16/h2-10,14,18H,1H3. The molecule has 20 heavy (non-hydrogen) atoms. The number of carbonyl (C=O) groups is 1. The fourth-order valence-electron chi connectivity index (χ4n) is 2.49. The lowest BCUT2D eigenvalue weighted by Crippen LogP contribution is -2.50. The summed E-state index contributed by atoms with van der Waals surface area (Å²) in [5, 5.41) is 3.27. The van der Waals surface area contributed by atoms with Crippen LogP contribution >= 0.6 is 15.9 Å². The summed E-state index contributed by atoms with van der Waals surface area (Å²) >= 11 is 3.46. The highest BCUT2D eigenvalue weighted by molar-refractivity contribution is 9.10. The summed E-state index contributed by atoms with van der Waals surface area (Å²) in [5.74, 6) is 0.742. The molecule has 2 aromatic rings. The van der Waals surface area contributed by atoms with Gasteiger partial charge >= 0.3 is 0 Å². The van der Waals surface area contributed by atoms with Crippen molar-refractivity contribution in [1.29, 1.82) is 0 Å². The summed E-state index contributed by atoms with van der Waals surface area (Å²) < 4.78 is 7.08. The van der Waals surface area contributed by atoms with E-state index in [1.165, 1.54) is 0 Å². The Bertz CT molecular complexity index is 658. The summed E-state index contributed by atoms with van der Waals surface area (Å²) in [7, 11) is 0. The molecule has 102 valence electrons. The third kappa shape index (κ3) is 2.25. The zero-order valence-corrected chi connectivity index (χ0v) is 12.6. The second-order valence-corrected chi connectivity index (χ2v) is 5.86. The molecule has 1 aliphatic rings. The first-order valence-corrected chi connectivity index (χ1v) is 7.19. The number of ether oxygens (including phenoxy) is 1. The first-order chi connectivity index (χ1) is 9.62. The largest absolute Gasteiger partial charge is 0.468 e. The number of carbonyl (C=O) groups excluding carboxylic acids is 1. The van der Waals surface area contributed by atoms with E-state index in [0.29, 0.717) is 0 Å². The molecule has 0 bridgehead atoms. The van der Waals surface area contributed by atoms with Gasteiger partial charge in [0, 0.05) is 15.6 Å². The van der Waals surface area contributed by atoms with Crippen molar-refractivity contribution in [3.63, 3.8) is 0 Å². The number of rotatable bonds is 2. The van der Waals surface area contributed by atoms with Crippen LogP contribution in [0.25, 0.3) is 0 Å². The fourth-order valence-corrected chi connectivity index (χ4v) is 2.89. The van der Waals surface area contributed by atoms with Crippen LogP contribution in [0.15, 0.2) is 53.0 Å². The smallest absolute Gasteiger partial charge is 0.185 e. The minimum atomic E-state index is -0.732. The van der Waals surface area contributed by atoms with Gasteiger partial charge in [-0.2, -0.15) is 0 Å². The molecule has 0 saturated heterocycles. The van der Waals surface area contributed by atoms with Crippen LogP contribution in [0.1, 0.15) is 24.1 Å². The summed E-state index contributed by atoms with van der Waals surface area (Å²) in [5.41, 5.74) is 1.10. The van der Waals surface area contributed by atoms with Crippen LogP contribution in [0.3, 0.4) is 0 Å². The first kappa shape index (κ1) is 13.3. The molecule has 1 heterocycles. The number of fused-ring (bicyclic) bond motifs is 1. The van der Waals surface area contributed by atoms with Crippen molar-refractivity contribution in [3.05, 3.63) is 64.1 Å². The molecule has 2 aromatic carbocycles. The molecule has 3 nitrogen and oxygen atoms in total. The molecule has 4 heteroatoms. The SMILES string of the molecule is CC1(c2cccc(Br)c2)NC(C=O)c2ccccc2O1. The summed E-state index contributed by atoms with van der Waals surface area (Å²) in [4.78, 5) is 11.4. The van der Waals surface area contributed by atoms with E-state index in [2.05, 4.69) is 21.2 Å². The molecular weight excluding hydrogens is 318 g/mol. The van der Waals surface area contributed by atoms with Crippen molar-refractivity contribution in [2.45, 2.75) is 18.7 Å². The third-order valence-electron chi connectivity index (χ3n) is 3.51. The summed E-state index contributed by atoms with van der Waals surface area (Å²) in [6, 6.07) is 15.1. The van der Waals surface area contributed by atoms with Gasteiger partial charge in [-0.25, -0.2) is 0 Å². The predicted molar refractivity (Wildman–Crippen MR) is 80.5 cm³/mol. The van der Waals surface area contributed by atoms with E-state index in [9.17, 15) is 4.79 Å². The number of hydrogen-bond acceptors (Lipinski definition) is 3. The lowest BCUT2D eigenvalue weighted by atomic mass is 9.97. The molecule has 1 aliphatic heterocycles. The quantitative estimate of drug-likeness (QED) is 0.855. The lowest BCUT2D eigenvalue weighted by Gasteiger charge is -2.39. The minimum absolute atomic E-state index is 0.371. The topological polar surface area (TPSA) is 38.3 Å². The van der Waals surface area contributed by atoms with Crippen LogP contribution < -0.4 is 10.1 Å². The maximum atomic E-state index is 11.4. The Morgan fingerprint density at radius 3 is 2.80 bits per heavy atom. The lowest BCUT2D eigenvalue weighted by molar-refractivity contribution is -0.112. The summed E-state index contributed by atoms with van der Waals surface area (Å²) in [6.07, 6.45) is 0.914. The van der Waals surface area contributed by atoms with Gasteiger partial charge in [0.15, 0.2) is 5.72 Å². The Balaban J connectivity index is 2.07. The molecule has 0 spiro atoms. The Hall–Kier alpha value is -1.65. The van der Waals surface area contributed by atoms with Gasteiger partial charge in [0.1, 0.15) is 12.0 Å². The van der Waals surface area contributed by atoms with Crippen LogP contribution in [-0.4, -0.2) is 6.29 Å². The number of nitrogens with one attached hydrogen (secondary N) is 1. The van der Waals surface area contributed by atoms with E-state index in [0.717, 1.165) is 27.6 Å². The average molecular weight is 332 g/mol. The van der Waals surface area contributed by atoms with Gasteiger partial charge in [-0.05, 0) is 25.1 Å². The number of benzene rings is 2. The highest BCUT2D eigenvalue weighted by atomic mass is 79.9. The second-order valence-electron chi connectivity index (χ2n) is 4.94. The molecule has 3 rings (SSSR count). The van der Waals surface area contributed by atoms with Crippen molar-refractivity contribution in [2.75, 3.05) is 0 Å². The number of aldehydes is 1. The van der Waals surface area contributed by atoms with Crippen molar-refractivity contribution in [3.8, 4) is 5.75 Å². The van der Waals surface area contributed by atoms with Crippen molar-refractivity contribution in [2.24, 2.45) is 0 Å². The van der Waals surface area contributed by atoms with Gasteiger partial charge in [-0.3, -0.25) is 5.32 Å². The van der Waals surface area contributed by atoms with Crippen LogP contribution in [-0.2, 0) is 10.5 Å². The van der Waals surface area contributed by atoms with Gasteiger partial charge in [0.05, 0.1) is 6.04 Å². The molecule has 0 fully saturated rings. The number of hydrogen-bond donors (Lipinski definition) is 1. The van der Waals surface area contributed by atoms with Crippen molar-refractivity contribution in [1.82, 2.24) is 5.32 Å². The third-order valence-corrected chi connectivity index (χ3v) is 4.00.